The first-order valence-corrected chi connectivity index (χ1v) is 11.7. The summed E-state index contributed by atoms with van der Waals surface area (Å²) in [4.78, 5) is 28.6. The average Bonchev–Trinajstić information content (AvgIpc) is 3.05. The lowest BCUT2D eigenvalue weighted by Crippen LogP contribution is -2.50. The van der Waals surface area contributed by atoms with Crippen LogP contribution in [0.3, 0.4) is 0 Å². The lowest BCUT2D eigenvalue weighted by molar-refractivity contribution is -0.130. The molecular weight excluding hydrogens is 416 g/mol. The van der Waals surface area contributed by atoms with Crippen molar-refractivity contribution in [2.24, 2.45) is 0 Å². The fraction of sp³-hybridized carbons (Fsp3) is 0.435. The molecule has 1 amide bonds. The molecule has 1 aliphatic heterocycles. The van der Waals surface area contributed by atoms with E-state index in [4.69, 9.17) is 21.6 Å². The van der Waals surface area contributed by atoms with Crippen LogP contribution in [0.4, 0.5) is 5.82 Å². The highest BCUT2D eigenvalue weighted by molar-refractivity contribution is 7.18. The molecule has 1 fully saturated rings. The zero-order valence-corrected chi connectivity index (χ0v) is 19.3. The number of fused-ring (bicyclic) bond motifs is 1. The maximum absolute atomic E-state index is 12.2. The van der Waals surface area contributed by atoms with E-state index >= 15 is 0 Å². The average molecular weight is 443 g/mol. The van der Waals surface area contributed by atoms with Gasteiger partial charge in [-0.05, 0) is 38.3 Å². The van der Waals surface area contributed by atoms with Crippen LogP contribution < -0.4 is 4.90 Å². The van der Waals surface area contributed by atoms with Gasteiger partial charge in [0.15, 0.2) is 0 Å². The number of hydrogen-bond acceptors (Lipinski definition) is 5. The Bertz CT molecular complexity index is 1040. The van der Waals surface area contributed by atoms with Crippen LogP contribution in [-0.4, -0.2) is 52.3 Å². The summed E-state index contributed by atoms with van der Waals surface area (Å²) in [7, 11) is 0. The second-order valence-electron chi connectivity index (χ2n) is 7.84. The monoisotopic (exact) mass is 442 g/mol. The van der Waals surface area contributed by atoms with Gasteiger partial charge in [-0.1, -0.05) is 30.3 Å². The molecule has 0 radical (unpaired) electrons. The van der Waals surface area contributed by atoms with Gasteiger partial charge in [0.1, 0.15) is 21.8 Å². The first kappa shape index (κ1) is 21.1. The molecular formula is C23H27ClN4OS. The Morgan fingerprint density at radius 1 is 1.10 bits per heavy atom. The molecule has 0 bridgehead atoms. The summed E-state index contributed by atoms with van der Waals surface area (Å²) < 4.78 is 0. The van der Waals surface area contributed by atoms with Crippen LogP contribution in [0, 0.1) is 13.8 Å². The summed E-state index contributed by atoms with van der Waals surface area (Å²) in [6, 6.07) is 10.5. The Morgan fingerprint density at radius 3 is 2.47 bits per heavy atom. The molecule has 0 spiro atoms. The van der Waals surface area contributed by atoms with Gasteiger partial charge in [-0.2, -0.15) is 0 Å². The van der Waals surface area contributed by atoms with Crippen LogP contribution in [0.5, 0.6) is 0 Å². The molecule has 2 aromatic heterocycles. The minimum atomic E-state index is -0.478. The van der Waals surface area contributed by atoms with Crippen molar-refractivity contribution < 1.29 is 4.79 Å². The molecule has 30 heavy (non-hydrogen) atoms. The van der Waals surface area contributed by atoms with Gasteiger partial charge in [-0.25, -0.2) is 9.97 Å². The lowest BCUT2D eigenvalue weighted by atomic mass is 10.1. The van der Waals surface area contributed by atoms with Gasteiger partial charge in [0.05, 0.1) is 5.39 Å². The molecule has 5 nitrogen and oxygen atoms in total. The van der Waals surface area contributed by atoms with E-state index in [-0.39, 0.29) is 5.91 Å². The van der Waals surface area contributed by atoms with Crippen molar-refractivity contribution in [3.63, 3.8) is 0 Å². The fourth-order valence-corrected chi connectivity index (χ4v) is 5.08. The van der Waals surface area contributed by atoms with Crippen LogP contribution in [0.2, 0.25) is 0 Å². The predicted octanol–water partition coefficient (Wildman–Crippen LogP) is 4.37. The molecule has 1 saturated heterocycles. The molecule has 0 aliphatic carbocycles. The Labute approximate surface area is 186 Å². The van der Waals surface area contributed by atoms with Crippen LogP contribution >= 0.6 is 22.9 Å². The first-order valence-electron chi connectivity index (χ1n) is 10.4. The normalized spacial score (nSPS) is 15.6. The Balaban J connectivity index is 1.60. The molecule has 1 unspecified atom stereocenters. The maximum Gasteiger partial charge on any atom is 0.240 e. The van der Waals surface area contributed by atoms with Gasteiger partial charge < -0.3 is 9.80 Å². The van der Waals surface area contributed by atoms with Crippen LogP contribution in [0.25, 0.3) is 10.2 Å². The number of anilines is 1. The van der Waals surface area contributed by atoms with E-state index in [1.54, 1.807) is 18.3 Å². The maximum atomic E-state index is 12.2. The minimum Gasteiger partial charge on any atom is -0.352 e. The molecule has 7 heteroatoms. The SMILES string of the molecule is Cc1sc2nc(CCc3ccccc3)nc(N3CCN(C(=O)C(C)Cl)CC3)c2c1C. The summed E-state index contributed by atoms with van der Waals surface area (Å²) in [5.74, 6) is 1.90. The van der Waals surface area contributed by atoms with E-state index in [2.05, 4.69) is 43.0 Å². The summed E-state index contributed by atoms with van der Waals surface area (Å²) >= 11 is 7.74. The number of rotatable bonds is 5. The number of carbonyl (C=O) groups is 1. The number of aromatic nitrogens is 2. The number of aryl methyl sites for hydroxylation is 4. The van der Waals surface area contributed by atoms with Crippen LogP contribution in [0.15, 0.2) is 30.3 Å². The molecule has 3 heterocycles. The van der Waals surface area contributed by atoms with E-state index in [1.165, 1.54) is 16.0 Å². The van der Waals surface area contributed by atoms with E-state index in [0.29, 0.717) is 13.1 Å². The molecule has 1 atom stereocenters. The van der Waals surface area contributed by atoms with Crippen LogP contribution in [-0.2, 0) is 17.6 Å². The van der Waals surface area contributed by atoms with Gasteiger partial charge in [-0.15, -0.1) is 22.9 Å². The van der Waals surface area contributed by atoms with Crippen molar-refractivity contribution in [2.75, 3.05) is 31.1 Å². The second kappa shape index (κ2) is 8.90. The Kier molecular flexibility index (Phi) is 6.25. The van der Waals surface area contributed by atoms with Gasteiger partial charge in [-0.3, -0.25) is 4.79 Å². The third-order valence-corrected chi connectivity index (χ3v) is 7.05. The number of benzene rings is 1. The summed E-state index contributed by atoms with van der Waals surface area (Å²) in [5.41, 5.74) is 2.55. The highest BCUT2D eigenvalue weighted by Crippen LogP contribution is 2.35. The zero-order chi connectivity index (χ0) is 21.3. The van der Waals surface area contributed by atoms with Gasteiger partial charge in [0.2, 0.25) is 5.91 Å². The molecule has 1 aliphatic rings. The number of alkyl halides is 1. The van der Waals surface area contributed by atoms with E-state index in [1.807, 2.05) is 11.0 Å². The fourth-order valence-electron chi connectivity index (χ4n) is 3.90. The molecule has 0 saturated carbocycles. The van der Waals surface area contributed by atoms with Crippen molar-refractivity contribution in [3.05, 3.63) is 52.2 Å². The number of piperazine rings is 1. The van der Waals surface area contributed by atoms with Gasteiger partial charge in [0, 0.05) is 37.5 Å². The quantitative estimate of drug-likeness (QED) is 0.550. The van der Waals surface area contributed by atoms with E-state index in [0.717, 1.165) is 47.8 Å². The first-order chi connectivity index (χ1) is 14.4. The number of amides is 1. The topological polar surface area (TPSA) is 49.3 Å². The molecule has 3 aromatic rings. The van der Waals surface area contributed by atoms with Crippen LogP contribution in [0.1, 0.15) is 28.8 Å². The summed E-state index contributed by atoms with van der Waals surface area (Å²) in [5, 5.41) is 0.681. The molecule has 1 aromatic carbocycles. The summed E-state index contributed by atoms with van der Waals surface area (Å²) in [6.45, 7) is 8.89. The standard InChI is InChI=1S/C23H27ClN4OS/c1-15-17(3)30-22-20(15)21(27-11-13-28(14-12-27)23(29)16(2)24)25-19(26-22)10-9-18-7-5-4-6-8-18/h4-8,16H,9-14H2,1-3H3. The number of hydrogen-bond donors (Lipinski definition) is 0. The number of nitrogens with zero attached hydrogens (tertiary/aromatic N) is 4. The number of carbonyl (C=O) groups excluding carboxylic acids is 1. The van der Waals surface area contributed by atoms with Crippen molar-refractivity contribution in [3.8, 4) is 0 Å². The van der Waals surface area contributed by atoms with E-state index in [9.17, 15) is 4.79 Å². The smallest absolute Gasteiger partial charge is 0.240 e. The molecule has 0 N–H and O–H groups in total. The predicted molar refractivity (Wildman–Crippen MR) is 125 cm³/mol. The van der Waals surface area contributed by atoms with Crippen molar-refractivity contribution in [1.82, 2.24) is 14.9 Å². The lowest BCUT2D eigenvalue weighted by Gasteiger charge is -2.36. The van der Waals surface area contributed by atoms with Crippen molar-refractivity contribution in [1.29, 1.82) is 0 Å². The Morgan fingerprint density at radius 2 is 1.80 bits per heavy atom. The van der Waals surface area contributed by atoms with Gasteiger partial charge in [0.25, 0.3) is 0 Å². The zero-order valence-electron chi connectivity index (χ0n) is 17.7. The van der Waals surface area contributed by atoms with Gasteiger partial charge >= 0.3 is 0 Å². The highest BCUT2D eigenvalue weighted by Gasteiger charge is 2.26. The Hall–Kier alpha value is -2.18. The van der Waals surface area contributed by atoms with E-state index < -0.39 is 5.38 Å². The third-order valence-electron chi connectivity index (χ3n) is 5.77. The largest absolute Gasteiger partial charge is 0.352 e. The molecule has 4 rings (SSSR count). The number of halogens is 1. The minimum absolute atomic E-state index is 0.00950. The highest BCUT2D eigenvalue weighted by atomic mass is 35.5. The van der Waals surface area contributed by atoms with Crippen molar-refractivity contribution in [2.45, 2.75) is 39.0 Å². The van der Waals surface area contributed by atoms with Crippen molar-refractivity contribution >= 4 is 44.9 Å². The molecule has 158 valence electrons. The third kappa shape index (κ3) is 4.30. The summed E-state index contributed by atoms with van der Waals surface area (Å²) in [6.07, 6.45) is 1.73. The second-order valence-corrected chi connectivity index (χ2v) is 9.70. The number of thiophene rings is 1.